The van der Waals surface area contributed by atoms with E-state index in [0.29, 0.717) is 60.4 Å². The molecular formula is C30H39IN4O6. The van der Waals surface area contributed by atoms with Gasteiger partial charge >= 0.3 is 6.09 Å². The molecule has 0 bridgehead atoms. The molecule has 41 heavy (non-hydrogen) atoms. The lowest BCUT2D eigenvalue weighted by molar-refractivity contribution is 0.0124. The summed E-state index contributed by atoms with van der Waals surface area (Å²) in [5, 5.41) is 13.8. The van der Waals surface area contributed by atoms with Crippen molar-refractivity contribution < 1.29 is 28.9 Å². The Bertz CT molecular complexity index is 1400. The van der Waals surface area contributed by atoms with Gasteiger partial charge in [0.15, 0.2) is 11.5 Å². The van der Waals surface area contributed by atoms with Gasteiger partial charge in [0.2, 0.25) is 0 Å². The molecule has 3 aromatic rings. The zero-order chi connectivity index (χ0) is 29.0. The second kappa shape index (κ2) is 13.6. The summed E-state index contributed by atoms with van der Waals surface area (Å²) in [6.07, 6.45) is 2.97. The number of likely N-dealkylation sites (tertiary alicyclic amines) is 1. The van der Waals surface area contributed by atoms with Gasteiger partial charge in [-0.15, -0.1) is 24.0 Å². The number of ether oxygens (including phenoxy) is 3. The van der Waals surface area contributed by atoms with E-state index in [1.165, 1.54) is 6.20 Å². The molecule has 2 heterocycles. The third-order valence-electron chi connectivity index (χ3n) is 6.86. The molecule has 10 nitrogen and oxygen atoms in total. The number of aliphatic hydroxyl groups excluding tert-OH is 1. The van der Waals surface area contributed by atoms with Crippen LogP contribution < -0.4 is 20.5 Å². The summed E-state index contributed by atoms with van der Waals surface area (Å²) in [5.41, 5.74) is 9.01. The molecule has 222 valence electrons. The van der Waals surface area contributed by atoms with Crippen LogP contribution in [0.2, 0.25) is 0 Å². The van der Waals surface area contributed by atoms with Gasteiger partial charge in [-0.1, -0.05) is 19.1 Å². The van der Waals surface area contributed by atoms with Gasteiger partial charge < -0.3 is 35.3 Å². The molecule has 1 aliphatic heterocycles. The number of carbonyl (C=O) groups excluding carboxylic acids is 2. The Kier molecular flexibility index (Phi) is 10.6. The number of pyridine rings is 1. The number of hydrogen-bond acceptors (Lipinski definition) is 8. The number of carbonyl (C=O) groups is 2. The predicted molar refractivity (Wildman–Crippen MR) is 169 cm³/mol. The van der Waals surface area contributed by atoms with Crippen LogP contribution in [0.15, 0.2) is 36.5 Å². The Morgan fingerprint density at radius 1 is 1.17 bits per heavy atom. The number of rotatable bonds is 8. The number of amides is 2. The Morgan fingerprint density at radius 2 is 1.88 bits per heavy atom. The molecule has 0 saturated carbocycles. The highest BCUT2D eigenvalue weighted by Crippen LogP contribution is 2.39. The first-order valence-electron chi connectivity index (χ1n) is 13.5. The van der Waals surface area contributed by atoms with Crippen molar-refractivity contribution in [2.24, 2.45) is 5.73 Å². The molecule has 0 atom stereocenters. The lowest BCUT2D eigenvalue weighted by atomic mass is 10.0. The molecular weight excluding hydrogens is 639 g/mol. The monoisotopic (exact) mass is 678 g/mol. The third kappa shape index (κ3) is 7.50. The molecule has 1 aliphatic rings. The van der Waals surface area contributed by atoms with Gasteiger partial charge in [0.1, 0.15) is 11.7 Å². The number of nitrogens with one attached hydrogen (secondary N) is 1. The van der Waals surface area contributed by atoms with Crippen LogP contribution in [0.4, 0.5) is 16.2 Å². The number of hydrogen-bond donors (Lipinski definition) is 3. The summed E-state index contributed by atoms with van der Waals surface area (Å²) in [6, 6.07) is 9.18. The number of methoxy groups -OCH3 is 1. The van der Waals surface area contributed by atoms with Gasteiger partial charge in [0.05, 0.1) is 30.5 Å². The highest BCUT2D eigenvalue weighted by atomic mass is 127. The standard InChI is InChI=1S/C30H38N4O6.HI/c1-6-20-18(17-35)8-7-9-23(20)33-27-21-14-25(38-5)26(15-24(21)32-16-22(27)28(31)36)39-19-10-12-34(13-11-19)29(37)40-30(2,3)4;/h7-9,14-16,19,35H,6,10-13,17H2,1-5H3,(H2,31,36)(H,32,33);1H. The summed E-state index contributed by atoms with van der Waals surface area (Å²) >= 11 is 0. The minimum Gasteiger partial charge on any atom is -0.493 e. The molecule has 4 rings (SSSR count). The fourth-order valence-corrected chi connectivity index (χ4v) is 4.89. The first-order chi connectivity index (χ1) is 19.0. The first kappa shape index (κ1) is 32.2. The minimum atomic E-state index is -0.621. The second-order valence-corrected chi connectivity index (χ2v) is 10.8. The van der Waals surface area contributed by atoms with Gasteiger partial charge in [0, 0.05) is 49.3 Å². The topological polar surface area (TPSA) is 136 Å². The lowest BCUT2D eigenvalue weighted by Crippen LogP contribution is -2.44. The van der Waals surface area contributed by atoms with E-state index in [9.17, 15) is 14.7 Å². The van der Waals surface area contributed by atoms with Crippen molar-refractivity contribution in [1.82, 2.24) is 9.88 Å². The van der Waals surface area contributed by atoms with Crippen LogP contribution in [0.1, 0.15) is 62.0 Å². The second-order valence-electron chi connectivity index (χ2n) is 10.8. The number of fused-ring (bicyclic) bond motifs is 1. The Labute approximate surface area is 257 Å². The maximum atomic E-state index is 12.4. The quantitative estimate of drug-likeness (QED) is 0.265. The normalized spacial score (nSPS) is 13.9. The smallest absolute Gasteiger partial charge is 0.410 e. The van der Waals surface area contributed by atoms with E-state index in [1.54, 1.807) is 24.1 Å². The van der Waals surface area contributed by atoms with Crippen LogP contribution in [-0.2, 0) is 17.8 Å². The highest BCUT2D eigenvalue weighted by Gasteiger charge is 2.28. The van der Waals surface area contributed by atoms with E-state index >= 15 is 0 Å². The van der Waals surface area contributed by atoms with Crippen LogP contribution >= 0.6 is 24.0 Å². The minimum absolute atomic E-state index is 0. The zero-order valence-corrected chi connectivity index (χ0v) is 26.5. The molecule has 1 saturated heterocycles. The van der Waals surface area contributed by atoms with Gasteiger partial charge in [-0.05, 0) is 50.5 Å². The van der Waals surface area contributed by atoms with E-state index in [2.05, 4.69) is 10.3 Å². The van der Waals surface area contributed by atoms with Crippen molar-refractivity contribution in [1.29, 1.82) is 0 Å². The number of anilines is 2. The number of primary amides is 1. The molecule has 4 N–H and O–H groups in total. The largest absolute Gasteiger partial charge is 0.493 e. The summed E-state index contributed by atoms with van der Waals surface area (Å²) in [6.45, 7) is 8.51. The Hall–Kier alpha value is -3.32. The molecule has 11 heteroatoms. The molecule has 0 unspecified atom stereocenters. The number of aromatic nitrogens is 1. The van der Waals surface area contributed by atoms with Crippen LogP contribution in [0.5, 0.6) is 11.5 Å². The molecule has 2 amide bonds. The van der Waals surface area contributed by atoms with Crippen LogP contribution in [-0.4, -0.2) is 58.9 Å². The Morgan fingerprint density at radius 3 is 2.46 bits per heavy atom. The van der Waals surface area contributed by atoms with Gasteiger partial charge in [-0.25, -0.2) is 4.79 Å². The van der Waals surface area contributed by atoms with Crippen LogP contribution in [0.3, 0.4) is 0 Å². The van der Waals surface area contributed by atoms with Crippen LogP contribution in [0, 0.1) is 0 Å². The van der Waals surface area contributed by atoms with Crippen molar-refractivity contribution >= 4 is 58.3 Å². The first-order valence-corrected chi connectivity index (χ1v) is 13.5. The fourth-order valence-electron chi connectivity index (χ4n) is 4.89. The third-order valence-corrected chi connectivity index (χ3v) is 6.86. The molecule has 0 aliphatic carbocycles. The fraction of sp³-hybridized carbons (Fsp3) is 0.433. The molecule has 0 spiro atoms. The van der Waals surface area contributed by atoms with Crippen molar-refractivity contribution in [2.45, 2.75) is 65.3 Å². The SMILES string of the molecule is CCc1c(CO)cccc1Nc1c(C(N)=O)cnc2cc(OC3CCN(C(=O)OC(C)(C)C)CC3)c(OC)cc12.I. The summed E-state index contributed by atoms with van der Waals surface area (Å²) in [7, 11) is 1.55. The van der Waals surface area contributed by atoms with E-state index in [1.807, 2.05) is 45.9 Å². The number of halogens is 1. The predicted octanol–water partition coefficient (Wildman–Crippen LogP) is 5.54. The number of nitrogens with zero attached hydrogens (tertiary/aromatic N) is 2. The number of nitrogens with two attached hydrogens (primary N) is 1. The van der Waals surface area contributed by atoms with E-state index in [-0.39, 0.29) is 48.3 Å². The molecule has 1 aromatic heterocycles. The van der Waals surface area contributed by atoms with E-state index in [0.717, 1.165) is 16.8 Å². The Balaban J connectivity index is 0.00000462. The van der Waals surface area contributed by atoms with E-state index < -0.39 is 11.5 Å². The van der Waals surface area contributed by atoms with E-state index in [4.69, 9.17) is 19.9 Å². The van der Waals surface area contributed by atoms with Crippen molar-refractivity contribution in [2.75, 3.05) is 25.5 Å². The number of benzene rings is 2. The van der Waals surface area contributed by atoms with Gasteiger partial charge in [0.25, 0.3) is 5.91 Å². The molecule has 0 radical (unpaired) electrons. The maximum absolute atomic E-state index is 12.4. The maximum Gasteiger partial charge on any atom is 0.410 e. The lowest BCUT2D eigenvalue weighted by Gasteiger charge is -2.33. The molecule has 2 aromatic carbocycles. The van der Waals surface area contributed by atoms with Crippen molar-refractivity contribution in [3.05, 3.63) is 53.2 Å². The summed E-state index contributed by atoms with van der Waals surface area (Å²) < 4.78 is 17.5. The average Bonchev–Trinajstić information content (AvgIpc) is 2.91. The van der Waals surface area contributed by atoms with Crippen molar-refractivity contribution in [3.8, 4) is 11.5 Å². The average molecular weight is 679 g/mol. The van der Waals surface area contributed by atoms with Crippen molar-refractivity contribution in [3.63, 3.8) is 0 Å². The van der Waals surface area contributed by atoms with Gasteiger partial charge in [-0.2, -0.15) is 0 Å². The molecule has 1 fully saturated rings. The summed E-state index contributed by atoms with van der Waals surface area (Å²) in [5.74, 6) is 0.380. The number of piperidine rings is 1. The highest BCUT2D eigenvalue weighted by molar-refractivity contribution is 14.0. The zero-order valence-electron chi connectivity index (χ0n) is 24.2. The van der Waals surface area contributed by atoms with Gasteiger partial charge in [-0.3, -0.25) is 9.78 Å². The number of aliphatic hydroxyl groups is 1. The summed E-state index contributed by atoms with van der Waals surface area (Å²) in [4.78, 5) is 31.0. The van der Waals surface area contributed by atoms with Crippen LogP contribution in [0.25, 0.3) is 10.9 Å².